The highest BCUT2D eigenvalue weighted by Gasteiger charge is 2.08. The summed E-state index contributed by atoms with van der Waals surface area (Å²) in [4.78, 5) is 0. The predicted molar refractivity (Wildman–Crippen MR) is 110 cm³/mol. The second kappa shape index (κ2) is 11.0. The van der Waals surface area contributed by atoms with Crippen LogP contribution in [0.15, 0.2) is 78.9 Å². The number of halogens is 1. The van der Waals surface area contributed by atoms with Crippen molar-refractivity contribution < 1.29 is 4.48 Å². The summed E-state index contributed by atoms with van der Waals surface area (Å²) in [5, 5.41) is 0.703. The van der Waals surface area contributed by atoms with Crippen LogP contribution in [0.3, 0.4) is 0 Å². The van der Waals surface area contributed by atoms with Crippen LogP contribution in [0, 0.1) is 6.92 Å². The van der Waals surface area contributed by atoms with Crippen LogP contribution in [0.5, 0.6) is 0 Å². The number of hydrogen-bond acceptors (Lipinski definition) is 1. The first kappa shape index (κ1) is 20.4. The summed E-state index contributed by atoms with van der Waals surface area (Å²) in [6, 6.07) is 14.8. The zero-order valence-corrected chi connectivity index (χ0v) is 15.8. The van der Waals surface area contributed by atoms with E-state index in [0.29, 0.717) is 16.5 Å². The first-order valence-corrected chi connectivity index (χ1v) is 8.74. The lowest BCUT2D eigenvalue weighted by Gasteiger charge is -2.14. The second-order valence-electron chi connectivity index (χ2n) is 5.31. The van der Waals surface area contributed by atoms with Crippen LogP contribution in [0.25, 0.3) is 5.57 Å². The molecule has 0 unspecified atom stereocenters. The van der Waals surface area contributed by atoms with Crippen molar-refractivity contribution in [1.82, 2.24) is 0 Å². The van der Waals surface area contributed by atoms with Gasteiger partial charge in [-0.3, -0.25) is 0 Å². The number of nitrogens with zero attached hydrogens (tertiary/aromatic N) is 1. The molecule has 0 saturated carbocycles. The van der Waals surface area contributed by atoms with E-state index >= 15 is 0 Å². The Labute approximate surface area is 151 Å². The number of benzene rings is 2. The van der Waals surface area contributed by atoms with E-state index in [2.05, 4.69) is 0 Å². The minimum Gasteiger partial charge on any atom is -0.180 e. The maximum absolute atomic E-state index is 14.5. The van der Waals surface area contributed by atoms with E-state index in [1.807, 2.05) is 89.3 Å². The number of allylic oxidation sites excluding steroid dienone is 6. The van der Waals surface area contributed by atoms with Gasteiger partial charge in [-0.1, -0.05) is 78.5 Å². The van der Waals surface area contributed by atoms with E-state index in [1.54, 1.807) is 24.3 Å². The van der Waals surface area contributed by atoms with Crippen LogP contribution in [0.4, 0.5) is 15.9 Å². The average Bonchev–Trinajstić information content (AvgIpc) is 2.67. The van der Waals surface area contributed by atoms with Gasteiger partial charge in [-0.2, -0.15) is 5.12 Å². The second-order valence-corrected chi connectivity index (χ2v) is 5.31. The van der Waals surface area contributed by atoms with E-state index in [1.165, 1.54) is 0 Å². The summed E-state index contributed by atoms with van der Waals surface area (Å²) >= 11 is 0. The molecule has 1 nitrogen and oxygen atoms in total. The van der Waals surface area contributed by atoms with Crippen LogP contribution in [-0.4, -0.2) is 0 Å². The molecule has 0 amide bonds. The Balaban J connectivity index is 0.00000151. The smallest absolute Gasteiger partial charge is 0.0747 e. The van der Waals surface area contributed by atoms with Gasteiger partial charge in [-0.25, -0.2) is 0 Å². The average molecular weight is 337 g/mol. The standard InChI is InChI=1S/C21H22FN.C2H6/c1-4-6-8-18(7-5-2)19-11-15-21(16-12-19)23(22)20-13-9-17(3)10-14-20;1-2/h4-16H,1-3H3;1-2H3/b6-4-,7-5-,18-8+;. The molecule has 2 heteroatoms. The molecule has 0 saturated heterocycles. The van der Waals surface area contributed by atoms with E-state index in [9.17, 15) is 4.48 Å². The van der Waals surface area contributed by atoms with Crippen molar-refractivity contribution in [3.05, 3.63) is 90.0 Å². The zero-order chi connectivity index (χ0) is 18.7. The lowest BCUT2D eigenvalue weighted by atomic mass is 10.0. The van der Waals surface area contributed by atoms with Crippen LogP contribution < -0.4 is 5.12 Å². The molecule has 0 aliphatic carbocycles. The van der Waals surface area contributed by atoms with E-state index in [0.717, 1.165) is 16.7 Å². The molecule has 0 spiro atoms. The normalized spacial score (nSPS) is 11.5. The van der Waals surface area contributed by atoms with Crippen molar-refractivity contribution in [2.24, 2.45) is 0 Å². The Kier molecular flexibility index (Phi) is 9.02. The summed E-state index contributed by atoms with van der Waals surface area (Å²) in [7, 11) is 0. The third-order valence-corrected chi connectivity index (χ3v) is 3.50. The van der Waals surface area contributed by atoms with Crippen LogP contribution in [-0.2, 0) is 0 Å². The molecule has 25 heavy (non-hydrogen) atoms. The highest BCUT2D eigenvalue weighted by atomic mass is 19.2. The van der Waals surface area contributed by atoms with Crippen molar-refractivity contribution in [2.75, 3.05) is 5.12 Å². The highest BCUT2D eigenvalue weighted by Crippen LogP contribution is 2.28. The zero-order valence-electron chi connectivity index (χ0n) is 15.8. The first-order chi connectivity index (χ1) is 12.2. The fraction of sp³-hybridized carbons (Fsp3) is 0.217. The molecular weight excluding hydrogens is 309 g/mol. The minimum absolute atomic E-state index is 0.517. The molecule has 0 N–H and O–H groups in total. The Morgan fingerprint density at radius 2 is 1.36 bits per heavy atom. The number of rotatable bonds is 5. The van der Waals surface area contributed by atoms with Gasteiger partial charge >= 0.3 is 0 Å². The highest BCUT2D eigenvalue weighted by molar-refractivity contribution is 5.76. The summed E-state index contributed by atoms with van der Waals surface area (Å²) in [5.41, 5.74) is 4.31. The van der Waals surface area contributed by atoms with Crippen LogP contribution in [0.2, 0.25) is 0 Å². The number of hydrogen-bond donors (Lipinski definition) is 0. The van der Waals surface area contributed by atoms with Gasteiger partial charge in [0.1, 0.15) is 0 Å². The largest absolute Gasteiger partial charge is 0.180 e. The molecule has 0 fully saturated rings. The molecule has 0 bridgehead atoms. The third-order valence-electron chi connectivity index (χ3n) is 3.50. The molecule has 0 aromatic heterocycles. The van der Waals surface area contributed by atoms with E-state index < -0.39 is 0 Å². The van der Waals surface area contributed by atoms with Crippen molar-refractivity contribution in [1.29, 1.82) is 0 Å². The maximum atomic E-state index is 14.5. The molecule has 0 atom stereocenters. The molecule has 2 aromatic carbocycles. The fourth-order valence-electron chi connectivity index (χ4n) is 2.24. The Morgan fingerprint density at radius 1 is 0.840 bits per heavy atom. The lowest BCUT2D eigenvalue weighted by Crippen LogP contribution is -2.03. The Hall–Kier alpha value is -2.61. The maximum Gasteiger partial charge on any atom is 0.0747 e. The Bertz CT molecular complexity index is 707. The van der Waals surface area contributed by atoms with Crippen molar-refractivity contribution in [3.8, 4) is 0 Å². The molecular formula is C23H28FN. The minimum atomic E-state index is 0.517. The molecule has 0 aliphatic rings. The van der Waals surface area contributed by atoms with Gasteiger partial charge in [0.05, 0.1) is 11.4 Å². The quantitative estimate of drug-likeness (QED) is 0.401. The molecule has 0 aliphatic heterocycles. The Morgan fingerprint density at radius 3 is 1.84 bits per heavy atom. The molecule has 2 rings (SSSR count). The summed E-state index contributed by atoms with van der Waals surface area (Å²) in [5.74, 6) is 0. The van der Waals surface area contributed by atoms with Gasteiger partial charge in [0.2, 0.25) is 0 Å². The van der Waals surface area contributed by atoms with Crippen molar-refractivity contribution in [3.63, 3.8) is 0 Å². The summed E-state index contributed by atoms with van der Waals surface area (Å²) in [6.45, 7) is 9.95. The predicted octanol–water partition coefficient (Wildman–Crippen LogP) is 7.58. The van der Waals surface area contributed by atoms with Crippen molar-refractivity contribution in [2.45, 2.75) is 34.6 Å². The summed E-state index contributed by atoms with van der Waals surface area (Å²) in [6.07, 6.45) is 10.1. The van der Waals surface area contributed by atoms with Crippen LogP contribution >= 0.6 is 0 Å². The van der Waals surface area contributed by atoms with Gasteiger partial charge in [0.15, 0.2) is 0 Å². The summed E-state index contributed by atoms with van der Waals surface area (Å²) < 4.78 is 14.5. The van der Waals surface area contributed by atoms with E-state index in [-0.39, 0.29) is 0 Å². The first-order valence-electron chi connectivity index (χ1n) is 8.74. The SMILES string of the molecule is CC.C\C=C/C=C(\C=C/C)c1ccc(N(F)c2ccc(C)cc2)cc1. The number of aryl methyl sites for hydroxylation is 1. The third kappa shape index (κ3) is 6.07. The molecule has 132 valence electrons. The molecule has 0 heterocycles. The monoisotopic (exact) mass is 337 g/mol. The van der Waals surface area contributed by atoms with Gasteiger partial charge in [0, 0.05) is 0 Å². The van der Waals surface area contributed by atoms with Crippen molar-refractivity contribution >= 4 is 16.9 Å². The van der Waals surface area contributed by atoms with Gasteiger partial charge in [-0.05, 0) is 56.2 Å². The number of anilines is 2. The van der Waals surface area contributed by atoms with Gasteiger partial charge < -0.3 is 0 Å². The van der Waals surface area contributed by atoms with Crippen LogP contribution in [0.1, 0.15) is 38.8 Å². The van der Waals surface area contributed by atoms with Gasteiger partial charge in [-0.15, -0.1) is 0 Å². The van der Waals surface area contributed by atoms with E-state index in [4.69, 9.17) is 0 Å². The molecule has 2 aromatic rings. The lowest BCUT2D eigenvalue weighted by molar-refractivity contribution is 0.505. The fourth-order valence-corrected chi connectivity index (χ4v) is 2.24. The topological polar surface area (TPSA) is 3.24 Å². The van der Waals surface area contributed by atoms with Gasteiger partial charge in [0.25, 0.3) is 0 Å². The molecule has 0 radical (unpaired) electrons.